The van der Waals surface area contributed by atoms with Gasteiger partial charge in [0, 0.05) is 0 Å². The second-order valence-electron chi connectivity index (χ2n) is 0.816. The van der Waals surface area contributed by atoms with E-state index in [1.807, 2.05) is 0 Å². The zero-order chi connectivity index (χ0) is 7.00. The topological polar surface area (TPSA) is 187 Å². The second kappa shape index (κ2) is 3.80. The molecule has 0 saturated heterocycles. The Morgan fingerprint density at radius 1 is 0.700 bits per heavy atom. The minimum atomic E-state index is -5.67. The van der Waals surface area contributed by atoms with Crippen LogP contribution in [0.5, 0.6) is 0 Å². The molecule has 0 saturated carbocycles. The molecule has 0 amide bonds. The lowest BCUT2D eigenvalue weighted by atomic mass is 14.0. The summed E-state index contributed by atoms with van der Waals surface area (Å²) in [5.74, 6) is 0. The van der Waals surface area contributed by atoms with Crippen LogP contribution < -0.4 is 12.3 Å². The first-order chi connectivity index (χ1) is 3.25. The first-order valence-electron chi connectivity index (χ1n) is 1.17. The summed E-state index contributed by atoms with van der Waals surface area (Å²) >= 11 is 0. The van der Waals surface area contributed by atoms with Crippen molar-refractivity contribution in [3.05, 3.63) is 0 Å². The third-order valence-corrected chi connectivity index (χ3v) is 2.25. The summed E-state index contributed by atoms with van der Waals surface area (Å²) in [7, 11) is -11.3. The second-order valence-corrected chi connectivity index (χ2v) is 4.90. The molecule has 0 fully saturated rings. The maximum Gasteiger partial charge on any atom is 0.191 e. The van der Waals surface area contributed by atoms with Crippen LogP contribution in [0, 0.1) is 0 Å². The first-order valence-corrected chi connectivity index (χ1v) is 4.50. The van der Waals surface area contributed by atoms with Crippen LogP contribution in [0.25, 0.3) is 0 Å². The van der Waals surface area contributed by atoms with Crippen molar-refractivity contribution in [3.8, 4) is 0 Å². The SMILES string of the molecule is O=S(=O)([O-])S(=O)(=O)[O-].[NH4+].[NH4+]. The average molecular weight is 196 g/mol. The zero-order valence-corrected chi connectivity index (χ0v) is 6.90. The Hall–Kier alpha value is -0.260. The van der Waals surface area contributed by atoms with Gasteiger partial charge >= 0.3 is 0 Å². The average Bonchev–Trinajstić information content (AvgIpc) is 1.25. The molecule has 10 heavy (non-hydrogen) atoms. The van der Waals surface area contributed by atoms with Crippen molar-refractivity contribution in [3.63, 3.8) is 0 Å². The molecular formula is H8N2O6S2. The molecule has 0 rings (SSSR count). The summed E-state index contributed by atoms with van der Waals surface area (Å²) in [4.78, 5) is 0. The standard InChI is InChI=1S/2H3N.H2O6S2/c;;1-7(2,3)8(4,5)6/h2*1H3;(H,1,2,3)(H,4,5,6). The highest BCUT2D eigenvalue weighted by atomic mass is 33.2. The van der Waals surface area contributed by atoms with Gasteiger partial charge < -0.3 is 21.4 Å². The van der Waals surface area contributed by atoms with Gasteiger partial charge in [0.1, 0.15) is 0 Å². The van der Waals surface area contributed by atoms with Gasteiger partial charge in [0.25, 0.3) is 0 Å². The fourth-order valence-electron chi connectivity index (χ4n) is 0. The number of quaternary nitrogens is 2. The van der Waals surface area contributed by atoms with Crippen molar-refractivity contribution in [2.24, 2.45) is 0 Å². The van der Waals surface area contributed by atoms with Gasteiger partial charge in [0.2, 0.25) is 0 Å². The van der Waals surface area contributed by atoms with Crippen molar-refractivity contribution in [1.29, 1.82) is 0 Å². The number of rotatable bonds is 1. The van der Waals surface area contributed by atoms with Crippen LogP contribution in [0.2, 0.25) is 0 Å². The van der Waals surface area contributed by atoms with E-state index in [1.165, 1.54) is 0 Å². The van der Waals surface area contributed by atoms with Crippen LogP contribution in [0.4, 0.5) is 0 Å². The molecule has 0 aromatic rings. The van der Waals surface area contributed by atoms with Gasteiger partial charge in [0.15, 0.2) is 18.3 Å². The van der Waals surface area contributed by atoms with Crippen LogP contribution >= 0.6 is 0 Å². The van der Waals surface area contributed by atoms with E-state index < -0.39 is 18.3 Å². The van der Waals surface area contributed by atoms with E-state index in [0.29, 0.717) is 0 Å². The molecule has 0 aliphatic carbocycles. The quantitative estimate of drug-likeness (QED) is 0.388. The van der Waals surface area contributed by atoms with E-state index in [9.17, 15) is 25.9 Å². The molecule has 0 aliphatic heterocycles. The monoisotopic (exact) mass is 196 g/mol. The van der Waals surface area contributed by atoms with E-state index in [0.717, 1.165) is 0 Å². The molecular weight excluding hydrogens is 188 g/mol. The molecule has 0 aliphatic rings. The molecule has 0 radical (unpaired) electrons. The van der Waals surface area contributed by atoms with Crippen molar-refractivity contribution in [2.45, 2.75) is 0 Å². The van der Waals surface area contributed by atoms with Crippen molar-refractivity contribution < 1.29 is 25.9 Å². The zero-order valence-electron chi connectivity index (χ0n) is 5.27. The smallest absolute Gasteiger partial charge is 0.191 e. The molecule has 0 aromatic heterocycles. The van der Waals surface area contributed by atoms with E-state index in [1.54, 1.807) is 0 Å². The van der Waals surface area contributed by atoms with Crippen molar-refractivity contribution in [2.75, 3.05) is 0 Å². The molecule has 0 aromatic carbocycles. The van der Waals surface area contributed by atoms with Gasteiger partial charge in [-0.05, 0) is 0 Å². The summed E-state index contributed by atoms with van der Waals surface area (Å²) < 4.78 is 55.2. The molecule has 10 heteroatoms. The maximum absolute atomic E-state index is 9.20. The van der Waals surface area contributed by atoms with Gasteiger partial charge in [-0.15, -0.1) is 0 Å². The Morgan fingerprint density at radius 2 is 0.800 bits per heavy atom. The van der Waals surface area contributed by atoms with Gasteiger partial charge in [-0.1, -0.05) is 0 Å². The highest BCUT2D eigenvalue weighted by Gasteiger charge is 2.01. The fourth-order valence-corrected chi connectivity index (χ4v) is 0. The third-order valence-electron chi connectivity index (χ3n) is 0.250. The lowest BCUT2D eigenvalue weighted by Gasteiger charge is -2.09. The molecule has 8 nitrogen and oxygen atoms in total. The Morgan fingerprint density at radius 3 is 0.800 bits per heavy atom. The third kappa shape index (κ3) is 4.60. The minimum absolute atomic E-state index is 0. The fraction of sp³-hybridized carbons (Fsp3) is 0. The van der Waals surface area contributed by atoms with Crippen LogP contribution in [0.1, 0.15) is 0 Å². The molecule has 66 valence electrons. The summed E-state index contributed by atoms with van der Waals surface area (Å²) in [5.41, 5.74) is 0. The highest BCUT2D eigenvalue weighted by molar-refractivity contribution is 8.62. The summed E-state index contributed by atoms with van der Waals surface area (Å²) in [5, 5.41) is 0. The summed E-state index contributed by atoms with van der Waals surface area (Å²) in [6.45, 7) is 0. The van der Waals surface area contributed by atoms with E-state index in [4.69, 9.17) is 0 Å². The van der Waals surface area contributed by atoms with Crippen LogP contribution in [0.15, 0.2) is 0 Å². The Bertz CT molecular complexity index is 226. The lowest BCUT2D eigenvalue weighted by molar-refractivity contribution is 0.440. The predicted molar refractivity (Wildman–Crippen MR) is 31.4 cm³/mol. The van der Waals surface area contributed by atoms with Gasteiger partial charge in [0.05, 0.1) is 0 Å². The van der Waals surface area contributed by atoms with Crippen molar-refractivity contribution in [1.82, 2.24) is 12.3 Å². The minimum Gasteiger partial charge on any atom is -0.736 e. The van der Waals surface area contributed by atoms with E-state index in [2.05, 4.69) is 0 Å². The van der Waals surface area contributed by atoms with Gasteiger partial charge in [-0.3, -0.25) is 0 Å². The molecule has 0 spiro atoms. The van der Waals surface area contributed by atoms with Gasteiger partial charge in [-0.25, -0.2) is 16.8 Å². The number of hydrogen-bond donors (Lipinski definition) is 2. The van der Waals surface area contributed by atoms with Crippen LogP contribution in [-0.2, 0) is 18.3 Å². The first kappa shape index (κ1) is 16.4. The molecule has 0 bridgehead atoms. The Labute approximate surface area is 57.3 Å². The number of hydrogen-bond acceptors (Lipinski definition) is 6. The Balaban J connectivity index is -0.000000245. The summed E-state index contributed by atoms with van der Waals surface area (Å²) in [6.07, 6.45) is 0. The predicted octanol–water partition coefficient (Wildman–Crippen LogP) is -1.26. The Kier molecular flexibility index (Phi) is 6.22. The largest absolute Gasteiger partial charge is 0.736 e. The summed E-state index contributed by atoms with van der Waals surface area (Å²) in [6, 6.07) is 0. The van der Waals surface area contributed by atoms with Crippen molar-refractivity contribution >= 4 is 18.3 Å². The van der Waals surface area contributed by atoms with Crippen LogP contribution in [-0.4, -0.2) is 25.9 Å². The molecule has 0 heterocycles. The lowest BCUT2D eigenvalue weighted by Crippen LogP contribution is -2.12. The molecule has 8 N–H and O–H groups in total. The van der Waals surface area contributed by atoms with E-state index in [-0.39, 0.29) is 12.3 Å². The van der Waals surface area contributed by atoms with Crippen LogP contribution in [0.3, 0.4) is 0 Å². The maximum atomic E-state index is 9.20. The molecule has 0 unspecified atom stereocenters. The molecule has 0 atom stereocenters. The van der Waals surface area contributed by atoms with Gasteiger partial charge in [-0.2, -0.15) is 0 Å². The highest BCUT2D eigenvalue weighted by Crippen LogP contribution is 1.90. The van der Waals surface area contributed by atoms with E-state index >= 15 is 0 Å². The normalized spacial score (nSPS) is 11.0.